The molecule has 1 spiro atoms. The van der Waals surface area contributed by atoms with Crippen LogP contribution in [0.4, 0.5) is 0 Å². The lowest BCUT2D eigenvalue weighted by Gasteiger charge is -2.48. The van der Waals surface area contributed by atoms with Gasteiger partial charge in [0.05, 0.1) is 0 Å². The summed E-state index contributed by atoms with van der Waals surface area (Å²) in [5.41, 5.74) is 1.22. The third kappa shape index (κ3) is 2.48. The van der Waals surface area contributed by atoms with E-state index in [1.807, 2.05) is 0 Å². The van der Waals surface area contributed by atoms with Crippen molar-refractivity contribution >= 4 is 5.91 Å². The van der Waals surface area contributed by atoms with Gasteiger partial charge in [-0.1, -0.05) is 39.7 Å². The molecule has 0 atom stereocenters. The first-order valence-corrected chi connectivity index (χ1v) is 7.60. The van der Waals surface area contributed by atoms with Crippen LogP contribution in [0.3, 0.4) is 0 Å². The van der Waals surface area contributed by atoms with Crippen molar-refractivity contribution < 1.29 is 4.79 Å². The Bertz CT molecular complexity index is 324. The van der Waals surface area contributed by atoms with E-state index in [-0.39, 0.29) is 5.91 Å². The second-order valence-electron chi connectivity index (χ2n) is 6.24. The van der Waals surface area contributed by atoms with Gasteiger partial charge in [0.15, 0.2) is 0 Å². The van der Waals surface area contributed by atoms with Crippen molar-refractivity contribution in [2.45, 2.75) is 71.3 Å². The van der Waals surface area contributed by atoms with Gasteiger partial charge in [0.2, 0.25) is 5.91 Å². The van der Waals surface area contributed by atoms with Gasteiger partial charge in [-0.2, -0.15) is 0 Å². The summed E-state index contributed by atoms with van der Waals surface area (Å²) in [5, 5.41) is 0. The predicted molar refractivity (Wildman–Crippen MR) is 75.4 cm³/mol. The molecule has 1 aliphatic heterocycles. The molecule has 2 fully saturated rings. The van der Waals surface area contributed by atoms with Gasteiger partial charge in [-0.05, 0) is 37.5 Å². The van der Waals surface area contributed by atoms with Crippen molar-refractivity contribution in [3.63, 3.8) is 0 Å². The van der Waals surface area contributed by atoms with E-state index < -0.39 is 0 Å². The molecule has 1 saturated heterocycles. The number of hydrogen-bond acceptors (Lipinski definition) is 1. The standard InChI is InChI=1S/C16H27NO/c1-4-14(5-2)17-12-16(9-7-6-8-10-16)11-13(3)15(17)18/h14H,3-12H2,1-2H3. The molecule has 0 radical (unpaired) electrons. The topological polar surface area (TPSA) is 20.3 Å². The fourth-order valence-corrected chi connectivity index (χ4v) is 3.88. The number of amides is 1. The molecule has 1 amide bonds. The van der Waals surface area contributed by atoms with Gasteiger partial charge in [0.1, 0.15) is 0 Å². The van der Waals surface area contributed by atoms with Gasteiger partial charge in [-0.25, -0.2) is 0 Å². The number of carbonyl (C=O) groups is 1. The van der Waals surface area contributed by atoms with E-state index in [9.17, 15) is 4.79 Å². The van der Waals surface area contributed by atoms with E-state index in [1.54, 1.807) is 0 Å². The molecule has 0 unspecified atom stereocenters. The van der Waals surface area contributed by atoms with Crippen LogP contribution in [0.25, 0.3) is 0 Å². The number of nitrogens with zero attached hydrogens (tertiary/aromatic N) is 1. The molecule has 1 heterocycles. The van der Waals surface area contributed by atoms with Crippen LogP contribution in [0.5, 0.6) is 0 Å². The number of carbonyl (C=O) groups excluding carboxylic acids is 1. The third-order valence-electron chi connectivity index (χ3n) is 4.95. The van der Waals surface area contributed by atoms with Crippen LogP contribution in [0, 0.1) is 5.41 Å². The molecule has 1 aliphatic carbocycles. The zero-order valence-electron chi connectivity index (χ0n) is 12.0. The highest BCUT2D eigenvalue weighted by Gasteiger charge is 2.42. The Kier molecular flexibility index (Phi) is 4.14. The summed E-state index contributed by atoms with van der Waals surface area (Å²) >= 11 is 0. The van der Waals surface area contributed by atoms with Gasteiger partial charge < -0.3 is 4.90 Å². The number of piperidine rings is 1. The molecule has 0 aromatic carbocycles. The largest absolute Gasteiger partial charge is 0.335 e. The van der Waals surface area contributed by atoms with Crippen molar-refractivity contribution in [3.05, 3.63) is 12.2 Å². The van der Waals surface area contributed by atoms with Crippen molar-refractivity contribution in [2.75, 3.05) is 6.54 Å². The van der Waals surface area contributed by atoms with Gasteiger partial charge in [-0.15, -0.1) is 0 Å². The lowest BCUT2D eigenvalue weighted by Crippen LogP contribution is -2.52. The van der Waals surface area contributed by atoms with Crippen molar-refractivity contribution in [3.8, 4) is 0 Å². The Morgan fingerprint density at radius 1 is 1.22 bits per heavy atom. The lowest BCUT2D eigenvalue weighted by atomic mass is 9.68. The van der Waals surface area contributed by atoms with E-state index in [4.69, 9.17) is 0 Å². The highest BCUT2D eigenvalue weighted by atomic mass is 16.2. The van der Waals surface area contributed by atoms with Crippen LogP contribution < -0.4 is 0 Å². The van der Waals surface area contributed by atoms with Gasteiger partial charge in [0, 0.05) is 18.2 Å². The summed E-state index contributed by atoms with van der Waals surface area (Å²) < 4.78 is 0. The minimum atomic E-state index is 0.222. The smallest absolute Gasteiger partial charge is 0.249 e. The molecule has 18 heavy (non-hydrogen) atoms. The Labute approximate surface area is 111 Å². The van der Waals surface area contributed by atoms with Crippen LogP contribution in [0.2, 0.25) is 0 Å². The first-order chi connectivity index (χ1) is 8.62. The molecule has 2 aliphatic rings. The summed E-state index contributed by atoms with van der Waals surface area (Å²) in [7, 11) is 0. The Morgan fingerprint density at radius 2 is 1.83 bits per heavy atom. The predicted octanol–water partition coefficient (Wildman–Crippen LogP) is 3.91. The molecular weight excluding hydrogens is 222 g/mol. The minimum Gasteiger partial charge on any atom is -0.335 e. The average molecular weight is 249 g/mol. The van der Waals surface area contributed by atoms with Gasteiger partial charge in [-0.3, -0.25) is 4.79 Å². The Balaban J connectivity index is 2.18. The van der Waals surface area contributed by atoms with Crippen LogP contribution >= 0.6 is 0 Å². The molecule has 2 rings (SSSR count). The van der Waals surface area contributed by atoms with E-state index in [1.165, 1.54) is 32.1 Å². The molecule has 0 aromatic heterocycles. The van der Waals surface area contributed by atoms with E-state index in [2.05, 4.69) is 25.3 Å². The quantitative estimate of drug-likeness (QED) is 0.694. The zero-order chi connectivity index (χ0) is 13.2. The van der Waals surface area contributed by atoms with Gasteiger partial charge in [0.25, 0.3) is 0 Å². The molecular formula is C16H27NO. The minimum absolute atomic E-state index is 0.222. The summed E-state index contributed by atoms with van der Waals surface area (Å²) in [4.78, 5) is 14.5. The monoisotopic (exact) mass is 249 g/mol. The SMILES string of the molecule is C=C1CC2(CCCCC2)CN(C(CC)CC)C1=O. The first kappa shape index (κ1) is 13.6. The molecule has 102 valence electrons. The maximum atomic E-state index is 12.3. The maximum absolute atomic E-state index is 12.3. The van der Waals surface area contributed by atoms with E-state index >= 15 is 0 Å². The molecule has 2 nitrogen and oxygen atoms in total. The molecule has 0 bridgehead atoms. The second-order valence-corrected chi connectivity index (χ2v) is 6.24. The van der Waals surface area contributed by atoms with Crippen LogP contribution in [0.1, 0.15) is 65.2 Å². The summed E-state index contributed by atoms with van der Waals surface area (Å²) in [6.45, 7) is 9.41. The van der Waals surface area contributed by atoms with Crippen molar-refractivity contribution in [1.82, 2.24) is 4.90 Å². The van der Waals surface area contributed by atoms with Gasteiger partial charge >= 0.3 is 0 Å². The summed E-state index contributed by atoms with van der Waals surface area (Å²) in [6.07, 6.45) is 9.68. The Morgan fingerprint density at radius 3 is 2.39 bits per heavy atom. The first-order valence-electron chi connectivity index (χ1n) is 7.60. The normalized spacial score (nSPS) is 24.1. The Hall–Kier alpha value is -0.790. The number of rotatable bonds is 3. The summed E-state index contributed by atoms with van der Waals surface area (Å²) in [5.74, 6) is 0.222. The number of likely N-dealkylation sites (tertiary alicyclic amines) is 1. The van der Waals surface area contributed by atoms with E-state index in [0.29, 0.717) is 11.5 Å². The highest BCUT2D eigenvalue weighted by Crippen LogP contribution is 2.45. The highest BCUT2D eigenvalue weighted by molar-refractivity contribution is 5.94. The molecule has 2 heteroatoms. The summed E-state index contributed by atoms with van der Waals surface area (Å²) in [6, 6.07) is 0.411. The zero-order valence-corrected chi connectivity index (χ0v) is 12.0. The van der Waals surface area contributed by atoms with Crippen molar-refractivity contribution in [1.29, 1.82) is 0 Å². The molecule has 0 N–H and O–H groups in total. The maximum Gasteiger partial charge on any atom is 0.249 e. The molecule has 1 saturated carbocycles. The van der Waals surface area contributed by atoms with Crippen LogP contribution in [-0.4, -0.2) is 23.4 Å². The average Bonchev–Trinajstić information content (AvgIpc) is 2.38. The fourth-order valence-electron chi connectivity index (χ4n) is 3.88. The van der Waals surface area contributed by atoms with E-state index in [0.717, 1.165) is 31.4 Å². The third-order valence-corrected chi connectivity index (χ3v) is 4.95. The van der Waals surface area contributed by atoms with Crippen molar-refractivity contribution in [2.24, 2.45) is 5.41 Å². The van der Waals surface area contributed by atoms with Crippen LogP contribution in [0.15, 0.2) is 12.2 Å². The molecule has 0 aromatic rings. The number of hydrogen-bond donors (Lipinski definition) is 0. The lowest BCUT2D eigenvalue weighted by molar-refractivity contribution is -0.135. The van der Waals surface area contributed by atoms with Crippen LogP contribution in [-0.2, 0) is 4.79 Å². The fraction of sp³-hybridized carbons (Fsp3) is 0.812. The second kappa shape index (κ2) is 5.46.